The fourth-order valence-electron chi connectivity index (χ4n) is 4.54. The molecule has 1 saturated heterocycles. The molecule has 0 atom stereocenters. The topological polar surface area (TPSA) is 56.4 Å². The molecule has 0 aromatic heterocycles. The normalized spacial score (nSPS) is 18.3. The maximum absolute atomic E-state index is 7.69. The number of likely N-dealkylation sites (tertiary alicyclic amines) is 1. The van der Waals surface area contributed by atoms with Gasteiger partial charge < -0.3 is 15.5 Å². The minimum atomic E-state index is 0.0253. The predicted molar refractivity (Wildman–Crippen MR) is 119 cm³/mol. The molecule has 0 amide bonds. The van der Waals surface area contributed by atoms with Gasteiger partial charge in [-0.05, 0) is 80.5 Å². The molecule has 27 heavy (non-hydrogen) atoms. The lowest BCUT2D eigenvalue weighted by atomic mass is 9.65. The number of nitrogens with zero attached hydrogens (tertiary/aromatic N) is 2. The molecule has 0 radical (unpaired) electrons. The van der Waals surface area contributed by atoms with Crippen LogP contribution in [0.25, 0.3) is 0 Å². The summed E-state index contributed by atoms with van der Waals surface area (Å²) in [4.78, 5) is 4.76. The lowest BCUT2D eigenvalue weighted by molar-refractivity contribution is 0.212. The maximum Gasteiger partial charge on any atom is 0.0923 e. The maximum atomic E-state index is 7.69. The Hall–Kier alpha value is -1.37. The number of piperidine rings is 1. The van der Waals surface area contributed by atoms with Crippen LogP contribution in [0, 0.1) is 5.41 Å². The summed E-state index contributed by atoms with van der Waals surface area (Å²) in [5, 5.41) is 7.69. The monoisotopic (exact) mass is 490 g/mol. The summed E-state index contributed by atoms with van der Waals surface area (Å²) in [6, 6.07) is 13.3. The fourth-order valence-corrected chi connectivity index (χ4v) is 5.26. The number of rotatable bonds is 3. The van der Waals surface area contributed by atoms with Gasteiger partial charge in [-0.3, -0.25) is 5.41 Å². The molecular weight excluding hydrogens is 468 g/mol. The van der Waals surface area contributed by atoms with E-state index in [2.05, 4.69) is 85.1 Å². The predicted octanol–water partition coefficient (Wildman–Crippen LogP) is 5.00. The Morgan fingerprint density at radius 2 is 1.56 bits per heavy atom. The van der Waals surface area contributed by atoms with Gasteiger partial charge in [-0.1, -0.05) is 31.9 Å². The third-order valence-electron chi connectivity index (χ3n) is 5.98. The van der Waals surface area contributed by atoms with E-state index in [1.54, 1.807) is 0 Å². The standard InChI is InChI=1S/C21H24Br2N4/c1-26-10-7-21(8-11-26)16-12-14(22)2-4-18(16)27(9-6-20(24)25)19-5-3-15(23)13-17(19)21/h2-5,12-13H,6-11H2,1H3,(H3,24,25). The summed E-state index contributed by atoms with van der Waals surface area (Å²) < 4.78 is 2.23. The van der Waals surface area contributed by atoms with Gasteiger partial charge in [0.15, 0.2) is 0 Å². The first-order valence-electron chi connectivity index (χ1n) is 9.30. The van der Waals surface area contributed by atoms with Gasteiger partial charge in [0.05, 0.1) is 5.84 Å². The average Bonchev–Trinajstić information content (AvgIpc) is 2.64. The van der Waals surface area contributed by atoms with Crippen molar-refractivity contribution in [2.24, 2.45) is 5.73 Å². The molecule has 1 spiro atoms. The summed E-state index contributed by atoms with van der Waals surface area (Å²) in [5.74, 6) is 0.229. The van der Waals surface area contributed by atoms with Crippen LogP contribution < -0.4 is 10.6 Å². The lowest BCUT2D eigenvalue weighted by Crippen LogP contribution is -2.45. The zero-order chi connectivity index (χ0) is 19.2. The molecule has 2 heterocycles. The highest BCUT2D eigenvalue weighted by Crippen LogP contribution is 2.54. The molecule has 0 aliphatic carbocycles. The highest BCUT2D eigenvalue weighted by Gasteiger charge is 2.44. The van der Waals surface area contributed by atoms with Crippen molar-refractivity contribution in [2.75, 3.05) is 31.6 Å². The van der Waals surface area contributed by atoms with Crippen LogP contribution in [0.1, 0.15) is 30.4 Å². The average molecular weight is 492 g/mol. The summed E-state index contributed by atoms with van der Waals surface area (Å²) in [6.45, 7) is 2.89. The molecular formula is C21H24Br2N4. The van der Waals surface area contributed by atoms with E-state index in [1.807, 2.05) is 0 Å². The highest BCUT2D eigenvalue weighted by molar-refractivity contribution is 9.10. The molecule has 2 aromatic rings. The second kappa shape index (κ2) is 7.22. The summed E-state index contributed by atoms with van der Waals surface area (Å²) in [7, 11) is 2.21. The number of amidine groups is 1. The minimum absolute atomic E-state index is 0.0253. The van der Waals surface area contributed by atoms with E-state index in [-0.39, 0.29) is 11.3 Å². The number of halogens is 2. The van der Waals surface area contributed by atoms with Gasteiger partial charge in [0.25, 0.3) is 0 Å². The fraction of sp³-hybridized carbons (Fsp3) is 0.381. The van der Waals surface area contributed by atoms with E-state index in [9.17, 15) is 0 Å². The Balaban J connectivity index is 1.92. The van der Waals surface area contributed by atoms with Crippen molar-refractivity contribution in [3.63, 3.8) is 0 Å². The minimum Gasteiger partial charge on any atom is -0.388 e. The van der Waals surface area contributed by atoms with Crippen LogP contribution >= 0.6 is 31.9 Å². The molecule has 0 saturated carbocycles. The van der Waals surface area contributed by atoms with Gasteiger partial charge in [0, 0.05) is 38.7 Å². The van der Waals surface area contributed by atoms with Gasteiger partial charge in [-0.2, -0.15) is 0 Å². The molecule has 142 valence electrons. The summed E-state index contributed by atoms with van der Waals surface area (Å²) in [5.41, 5.74) is 11.0. The van der Waals surface area contributed by atoms with Gasteiger partial charge in [-0.25, -0.2) is 0 Å². The first-order valence-corrected chi connectivity index (χ1v) is 10.9. The molecule has 0 unspecified atom stereocenters. The highest BCUT2D eigenvalue weighted by atomic mass is 79.9. The van der Waals surface area contributed by atoms with Crippen LogP contribution in [0.5, 0.6) is 0 Å². The molecule has 2 aliphatic rings. The summed E-state index contributed by atoms with van der Waals surface area (Å²) >= 11 is 7.39. The lowest BCUT2D eigenvalue weighted by Gasteiger charge is -2.49. The van der Waals surface area contributed by atoms with E-state index in [0.29, 0.717) is 13.0 Å². The van der Waals surface area contributed by atoms with Crippen LogP contribution in [-0.2, 0) is 5.41 Å². The van der Waals surface area contributed by atoms with Crippen molar-refractivity contribution >= 4 is 49.1 Å². The van der Waals surface area contributed by atoms with Crippen LogP contribution in [0.3, 0.4) is 0 Å². The van der Waals surface area contributed by atoms with Crippen molar-refractivity contribution in [3.8, 4) is 0 Å². The van der Waals surface area contributed by atoms with Crippen LogP contribution in [-0.4, -0.2) is 37.4 Å². The Morgan fingerprint density at radius 3 is 2.04 bits per heavy atom. The van der Waals surface area contributed by atoms with Crippen LogP contribution in [0.15, 0.2) is 45.3 Å². The second-order valence-corrected chi connectivity index (χ2v) is 9.47. The van der Waals surface area contributed by atoms with E-state index >= 15 is 0 Å². The molecule has 2 aliphatic heterocycles. The molecule has 2 aromatic carbocycles. The SMILES string of the molecule is CN1CCC2(CC1)c1cc(Br)ccc1N(CCC(=N)N)c1ccc(Br)cc12. The zero-order valence-corrected chi connectivity index (χ0v) is 18.6. The van der Waals surface area contributed by atoms with Crippen molar-refractivity contribution in [3.05, 3.63) is 56.5 Å². The Morgan fingerprint density at radius 1 is 1.04 bits per heavy atom. The van der Waals surface area contributed by atoms with E-state index in [1.165, 1.54) is 22.5 Å². The number of benzene rings is 2. The quantitative estimate of drug-likeness (QED) is 0.469. The Labute approximate surface area is 177 Å². The van der Waals surface area contributed by atoms with Crippen LogP contribution in [0.2, 0.25) is 0 Å². The Bertz CT molecular complexity index is 832. The van der Waals surface area contributed by atoms with Gasteiger partial charge >= 0.3 is 0 Å². The third kappa shape index (κ3) is 3.32. The first-order chi connectivity index (χ1) is 12.9. The number of anilines is 2. The van der Waals surface area contributed by atoms with Crippen molar-refractivity contribution in [1.82, 2.24) is 4.90 Å². The largest absolute Gasteiger partial charge is 0.388 e. The molecule has 0 bridgehead atoms. The van der Waals surface area contributed by atoms with Gasteiger partial charge in [0.2, 0.25) is 0 Å². The summed E-state index contributed by atoms with van der Waals surface area (Å²) in [6.07, 6.45) is 2.77. The Kier molecular flexibility index (Phi) is 5.08. The first kappa shape index (κ1) is 19.0. The van der Waals surface area contributed by atoms with Gasteiger partial charge in [-0.15, -0.1) is 0 Å². The molecule has 3 N–H and O–H groups in total. The van der Waals surface area contributed by atoms with Crippen molar-refractivity contribution in [2.45, 2.75) is 24.7 Å². The molecule has 1 fully saturated rings. The number of fused-ring (bicyclic) bond motifs is 4. The molecule has 4 rings (SSSR count). The molecule has 6 heteroatoms. The second-order valence-electron chi connectivity index (χ2n) is 7.64. The zero-order valence-electron chi connectivity index (χ0n) is 15.4. The van der Waals surface area contributed by atoms with E-state index < -0.39 is 0 Å². The van der Waals surface area contributed by atoms with Gasteiger partial charge in [0.1, 0.15) is 0 Å². The van der Waals surface area contributed by atoms with Crippen molar-refractivity contribution < 1.29 is 0 Å². The van der Waals surface area contributed by atoms with Crippen LogP contribution in [0.4, 0.5) is 11.4 Å². The number of nitrogens with one attached hydrogen (secondary N) is 1. The number of hydrogen-bond donors (Lipinski definition) is 2. The van der Waals surface area contributed by atoms with E-state index in [4.69, 9.17) is 11.1 Å². The number of nitrogens with two attached hydrogens (primary N) is 1. The van der Waals surface area contributed by atoms with Crippen molar-refractivity contribution in [1.29, 1.82) is 5.41 Å². The van der Waals surface area contributed by atoms with E-state index in [0.717, 1.165) is 34.9 Å². The smallest absolute Gasteiger partial charge is 0.0923 e. The molecule has 4 nitrogen and oxygen atoms in total. The third-order valence-corrected chi connectivity index (χ3v) is 6.96. The number of hydrogen-bond acceptors (Lipinski definition) is 3.